The fourth-order valence-corrected chi connectivity index (χ4v) is 2.80. The molecule has 0 aliphatic heterocycles. The Hall–Kier alpha value is -2.95. The lowest BCUT2D eigenvalue weighted by Gasteiger charge is -2.11. The molecule has 0 fully saturated rings. The van der Waals surface area contributed by atoms with Gasteiger partial charge in [-0.1, -0.05) is 0 Å². The van der Waals surface area contributed by atoms with Crippen molar-refractivity contribution >= 4 is 5.91 Å². The number of aryl methyl sites for hydroxylation is 1. The summed E-state index contributed by atoms with van der Waals surface area (Å²) in [7, 11) is 1.64. The van der Waals surface area contributed by atoms with Crippen molar-refractivity contribution in [1.29, 1.82) is 0 Å². The van der Waals surface area contributed by atoms with E-state index in [4.69, 9.17) is 9.15 Å². The average molecular weight is 324 g/mol. The average Bonchev–Trinajstić information content (AvgIpc) is 3.21. The summed E-state index contributed by atoms with van der Waals surface area (Å²) >= 11 is 0. The second-order valence-corrected chi connectivity index (χ2v) is 5.58. The van der Waals surface area contributed by atoms with Crippen LogP contribution in [0.15, 0.2) is 53.1 Å². The van der Waals surface area contributed by atoms with Crippen molar-refractivity contribution in [3.63, 3.8) is 0 Å². The van der Waals surface area contributed by atoms with E-state index in [1.807, 2.05) is 50.2 Å². The van der Waals surface area contributed by atoms with E-state index in [-0.39, 0.29) is 5.91 Å². The molecule has 0 saturated heterocycles. The van der Waals surface area contributed by atoms with Gasteiger partial charge in [0.15, 0.2) is 0 Å². The molecule has 0 spiro atoms. The van der Waals surface area contributed by atoms with Gasteiger partial charge in [-0.15, -0.1) is 0 Å². The van der Waals surface area contributed by atoms with E-state index in [1.165, 1.54) is 0 Å². The summed E-state index contributed by atoms with van der Waals surface area (Å²) < 4.78 is 12.5. The number of furan rings is 1. The van der Waals surface area contributed by atoms with Gasteiger partial charge in [-0.2, -0.15) is 0 Å². The van der Waals surface area contributed by atoms with Crippen LogP contribution in [-0.2, 0) is 6.54 Å². The summed E-state index contributed by atoms with van der Waals surface area (Å²) in [6, 6.07) is 13.3. The molecule has 0 saturated carbocycles. The normalized spacial score (nSPS) is 10.6. The standard InChI is InChI=1S/C19H20N2O3/c1-13-11-18(19(22)20-12-17-5-4-10-24-17)14(2)21(13)15-6-8-16(23-3)9-7-15/h4-11H,12H2,1-3H3,(H,20,22). The first-order chi connectivity index (χ1) is 11.6. The maximum atomic E-state index is 12.5. The van der Waals surface area contributed by atoms with Crippen LogP contribution in [0.2, 0.25) is 0 Å². The fraction of sp³-hybridized carbons (Fsp3) is 0.211. The van der Waals surface area contributed by atoms with Crippen LogP contribution in [0, 0.1) is 13.8 Å². The molecule has 1 amide bonds. The predicted molar refractivity (Wildman–Crippen MR) is 91.7 cm³/mol. The number of hydrogen-bond donors (Lipinski definition) is 1. The number of methoxy groups -OCH3 is 1. The lowest BCUT2D eigenvalue weighted by Crippen LogP contribution is -2.23. The van der Waals surface area contributed by atoms with E-state index >= 15 is 0 Å². The number of ether oxygens (including phenoxy) is 1. The topological polar surface area (TPSA) is 56.4 Å². The van der Waals surface area contributed by atoms with Gasteiger partial charge in [-0.3, -0.25) is 4.79 Å². The lowest BCUT2D eigenvalue weighted by atomic mass is 10.2. The van der Waals surface area contributed by atoms with Gasteiger partial charge >= 0.3 is 0 Å². The minimum absolute atomic E-state index is 0.112. The Morgan fingerprint density at radius 1 is 1.21 bits per heavy atom. The monoisotopic (exact) mass is 324 g/mol. The maximum Gasteiger partial charge on any atom is 0.253 e. The molecule has 2 aromatic heterocycles. The summed E-state index contributed by atoms with van der Waals surface area (Å²) in [5.74, 6) is 1.42. The number of amides is 1. The third kappa shape index (κ3) is 3.06. The molecule has 124 valence electrons. The van der Waals surface area contributed by atoms with E-state index < -0.39 is 0 Å². The number of nitrogens with zero attached hydrogens (tertiary/aromatic N) is 1. The predicted octanol–water partition coefficient (Wildman–Crippen LogP) is 3.63. The van der Waals surface area contributed by atoms with Crippen LogP contribution >= 0.6 is 0 Å². The second kappa shape index (κ2) is 6.66. The van der Waals surface area contributed by atoms with Crippen LogP contribution in [0.1, 0.15) is 27.5 Å². The molecule has 5 nitrogen and oxygen atoms in total. The third-order valence-corrected chi connectivity index (χ3v) is 4.01. The molecule has 1 aromatic carbocycles. The van der Waals surface area contributed by atoms with E-state index in [1.54, 1.807) is 19.4 Å². The van der Waals surface area contributed by atoms with Crippen LogP contribution in [0.25, 0.3) is 5.69 Å². The lowest BCUT2D eigenvalue weighted by molar-refractivity contribution is 0.0947. The second-order valence-electron chi connectivity index (χ2n) is 5.58. The van der Waals surface area contributed by atoms with Gasteiger partial charge < -0.3 is 19.0 Å². The molecule has 0 aliphatic rings. The smallest absolute Gasteiger partial charge is 0.253 e. The van der Waals surface area contributed by atoms with Gasteiger partial charge in [0.05, 0.1) is 25.5 Å². The first kappa shape index (κ1) is 15.9. The minimum Gasteiger partial charge on any atom is -0.497 e. The van der Waals surface area contributed by atoms with Gasteiger partial charge in [-0.05, 0) is 56.3 Å². The van der Waals surface area contributed by atoms with Crippen LogP contribution in [0.5, 0.6) is 5.75 Å². The SMILES string of the molecule is COc1ccc(-n2c(C)cc(C(=O)NCc3ccco3)c2C)cc1. The number of carbonyl (C=O) groups excluding carboxylic acids is 1. The Labute approximate surface area is 140 Å². The van der Waals surface area contributed by atoms with Gasteiger partial charge in [0.2, 0.25) is 0 Å². The van der Waals surface area contributed by atoms with Crippen LogP contribution in [0.3, 0.4) is 0 Å². The van der Waals surface area contributed by atoms with Crippen molar-refractivity contribution < 1.29 is 13.9 Å². The van der Waals surface area contributed by atoms with E-state index in [2.05, 4.69) is 9.88 Å². The molecular weight excluding hydrogens is 304 g/mol. The summed E-state index contributed by atoms with van der Waals surface area (Å²) in [6.45, 7) is 4.30. The highest BCUT2D eigenvalue weighted by atomic mass is 16.5. The van der Waals surface area contributed by atoms with Crippen molar-refractivity contribution in [2.24, 2.45) is 0 Å². The summed E-state index contributed by atoms with van der Waals surface area (Å²) in [5.41, 5.74) is 3.56. The quantitative estimate of drug-likeness (QED) is 0.780. The van der Waals surface area contributed by atoms with Crippen molar-refractivity contribution in [2.75, 3.05) is 7.11 Å². The molecule has 1 N–H and O–H groups in total. The van der Waals surface area contributed by atoms with E-state index in [0.29, 0.717) is 12.1 Å². The van der Waals surface area contributed by atoms with Crippen molar-refractivity contribution in [2.45, 2.75) is 20.4 Å². The third-order valence-electron chi connectivity index (χ3n) is 4.01. The zero-order chi connectivity index (χ0) is 17.1. The largest absolute Gasteiger partial charge is 0.497 e. The molecule has 3 rings (SSSR count). The Morgan fingerprint density at radius 2 is 1.96 bits per heavy atom. The minimum atomic E-state index is -0.112. The van der Waals surface area contributed by atoms with Gasteiger partial charge in [0, 0.05) is 17.1 Å². The van der Waals surface area contributed by atoms with Crippen LogP contribution in [-0.4, -0.2) is 17.6 Å². The molecule has 0 unspecified atom stereocenters. The Kier molecular flexibility index (Phi) is 4.42. The fourth-order valence-electron chi connectivity index (χ4n) is 2.80. The molecule has 0 bridgehead atoms. The summed E-state index contributed by atoms with van der Waals surface area (Å²) in [4.78, 5) is 12.5. The highest BCUT2D eigenvalue weighted by Crippen LogP contribution is 2.22. The number of nitrogens with one attached hydrogen (secondary N) is 1. The highest BCUT2D eigenvalue weighted by Gasteiger charge is 2.16. The van der Waals surface area contributed by atoms with E-state index in [9.17, 15) is 4.79 Å². The number of carbonyl (C=O) groups is 1. The van der Waals surface area contributed by atoms with Crippen molar-refractivity contribution in [3.05, 3.63) is 71.4 Å². The zero-order valence-electron chi connectivity index (χ0n) is 14.0. The van der Waals surface area contributed by atoms with Crippen molar-refractivity contribution in [1.82, 2.24) is 9.88 Å². The molecule has 3 aromatic rings. The maximum absolute atomic E-state index is 12.5. The Bertz CT molecular complexity index is 830. The van der Waals surface area contributed by atoms with Crippen LogP contribution in [0.4, 0.5) is 0 Å². The number of aromatic nitrogens is 1. The number of hydrogen-bond acceptors (Lipinski definition) is 3. The van der Waals surface area contributed by atoms with Gasteiger partial charge in [0.25, 0.3) is 5.91 Å². The zero-order valence-corrected chi connectivity index (χ0v) is 14.0. The Morgan fingerprint density at radius 3 is 2.58 bits per heavy atom. The highest BCUT2D eigenvalue weighted by molar-refractivity contribution is 5.95. The van der Waals surface area contributed by atoms with Gasteiger partial charge in [-0.25, -0.2) is 0 Å². The molecule has 0 radical (unpaired) electrons. The molecule has 0 atom stereocenters. The number of benzene rings is 1. The Balaban J connectivity index is 1.83. The summed E-state index contributed by atoms with van der Waals surface area (Å²) in [5, 5.41) is 2.89. The van der Waals surface area contributed by atoms with E-state index in [0.717, 1.165) is 28.6 Å². The molecule has 24 heavy (non-hydrogen) atoms. The summed E-state index contributed by atoms with van der Waals surface area (Å²) in [6.07, 6.45) is 1.59. The molecule has 0 aliphatic carbocycles. The molecule has 5 heteroatoms. The number of rotatable bonds is 5. The molecular formula is C19H20N2O3. The van der Waals surface area contributed by atoms with Crippen molar-refractivity contribution in [3.8, 4) is 11.4 Å². The van der Waals surface area contributed by atoms with Gasteiger partial charge in [0.1, 0.15) is 11.5 Å². The van der Waals surface area contributed by atoms with Crippen LogP contribution < -0.4 is 10.1 Å². The first-order valence-corrected chi connectivity index (χ1v) is 7.74. The first-order valence-electron chi connectivity index (χ1n) is 7.74. The molecule has 2 heterocycles.